The number of benzene rings is 2. The van der Waals surface area contributed by atoms with Gasteiger partial charge in [0.15, 0.2) is 5.11 Å². The van der Waals surface area contributed by atoms with Crippen LogP contribution in [0, 0.1) is 5.92 Å². The van der Waals surface area contributed by atoms with Crippen LogP contribution in [0.2, 0.25) is 0 Å². The van der Waals surface area contributed by atoms with Crippen molar-refractivity contribution in [3.8, 4) is 16.3 Å². The van der Waals surface area contributed by atoms with Crippen molar-refractivity contribution in [1.82, 2.24) is 10.3 Å². The molecule has 2 aromatic carbocycles. The van der Waals surface area contributed by atoms with Crippen LogP contribution < -0.4 is 10.6 Å². The highest BCUT2D eigenvalue weighted by Crippen LogP contribution is 2.36. The van der Waals surface area contributed by atoms with Crippen LogP contribution in [-0.2, 0) is 0 Å². The van der Waals surface area contributed by atoms with Gasteiger partial charge >= 0.3 is 0 Å². The first-order chi connectivity index (χ1) is 13.1. The van der Waals surface area contributed by atoms with Crippen molar-refractivity contribution in [3.63, 3.8) is 0 Å². The van der Waals surface area contributed by atoms with Gasteiger partial charge in [-0.3, -0.25) is 0 Å². The van der Waals surface area contributed by atoms with E-state index in [1.807, 2.05) is 36.4 Å². The summed E-state index contributed by atoms with van der Waals surface area (Å²) in [5, 5.41) is 18.5. The van der Waals surface area contributed by atoms with Gasteiger partial charge in [0.2, 0.25) is 0 Å². The van der Waals surface area contributed by atoms with Gasteiger partial charge in [-0.15, -0.1) is 11.3 Å². The Balaban J connectivity index is 1.52. The molecule has 27 heavy (non-hydrogen) atoms. The third-order valence-electron chi connectivity index (χ3n) is 5.21. The van der Waals surface area contributed by atoms with E-state index in [1.165, 1.54) is 19.3 Å². The van der Waals surface area contributed by atoms with Crippen molar-refractivity contribution in [3.05, 3.63) is 42.5 Å². The molecule has 0 unspecified atom stereocenters. The zero-order valence-electron chi connectivity index (χ0n) is 15.2. The monoisotopic (exact) mass is 397 g/mol. The zero-order valence-corrected chi connectivity index (χ0v) is 16.9. The quantitative estimate of drug-likeness (QED) is 0.400. The number of hydrogen-bond acceptors (Lipinski definition) is 4. The first-order valence-corrected chi connectivity index (χ1v) is 10.6. The summed E-state index contributed by atoms with van der Waals surface area (Å²) >= 11 is 7.09. The summed E-state index contributed by atoms with van der Waals surface area (Å²) in [6.45, 7) is 2.28. The standard InChI is InChI=1S/C21H23N3OS2/c1-13-6-2-3-7-16(13)24-21(26)22-14-10-11-18(25)15(12-14)20-23-17-8-4-5-9-19(17)27-20/h4-5,8-13,16,25H,2-3,6-7H2,1H3,(H2,22,24,26)/t13-,16+/m0/s1. The molecule has 0 saturated heterocycles. The number of nitrogens with one attached hydrogen (secondary N) is 2. The number of aromatic nitrogens is 1. The highest BCUT2D eigenvalue weighted by Gasteiger charge is 2.21. The molecule has 2 atom stereocenters. The van der Waals surface area contributed by atoms with Gasteiger partial charge in [0.05, 0.1) is 15.8 Å². The number of rotatable bonds is 3. The molecule has 3 N–H and O–H groups in total. The first kappa shape index (κ1) is 18.2. The molecule has 1 aliphatic rings. The molecule has 0 spiro atoms. The number of aromatic hydroxyl groups is 1. The molecule has 0 radical (unpaired) electrons. The average Bonchev–Trinajstić information content (AvgIpc) is 3.09. The molecule has 140 valence electrons. The van der Waals surface area contributed by atoms with E-state index in [-0.39, 0.29) is 5.75 Å². The maximum Gasteiger partial charge on any atom is 0.171 e. The van der Waals surface area contributed by atoms with E-state index in [4.69, 9.17) is 12.2 Å². The van der Waals surface area contributed by atoms with Gasteiger partial charge in [0, 0.05) is 11.7 Å². The Morgan fingerprint density at radius 1 is 1.19 bits per heavy atom. The highest BCUT2D eigenvalue weighted by molar-refractivity contribution is 7.80. The van der Waals surface area contributed by atoms with Gasteiger partial charge in [-0.25, -0.2) is 4.98 Å². The molecule has 1 fully saturated rings. The number of thiocarbonyl (C=S) groups is 1. The molecule has 4 nitrogen and oxygen atoms in total. The Morgan fingerprint density at radius 2 is 2.00 bits per heavy atom. The maximum absolute atomic E-state index is 10.3. The van der Waals surface area contributed by atoms with Gasteiger partial charge in [0.25, 0.3) is 0 Å². The van der Waals surface area contributed by atoms with E-state index in [1.54, 1.807) is 17.4 Å². The van der Waals surface area contributed by atoms with E-state index in [0.717, 1.165) is 32.9 Å². The molecule has 0 bridgehead atoms. The second-order valence-corrected chi connectivity index (χ2v) is 8.62. The normalized spacial score (nSPS) is 19.7. The van der Waals surface area contributed by atoms with Gasteiger partial charge < -0.3 is 15.7 Å². The van der Waals surface area contributed by atoms with Crippen LogP contribution in [0.3, 0.4) is 0 Å². The Morgan fingerprint density at radius 3 is 2.81 bits per heavy atom. The van der Waals surface area contributed by atoms with Crippen LogP contribution in [0.1, 0.15) is 32.6 Å². The first-order valence-electron chi connectivity index (χ1n) is 9.36. The number of thiazole rings is 1. The smallest absolute Gasteiger partial charge is 0.171 e. The van der Waals surface area contributed by atoms with E-state index < -0.39 is 0 Å². The fraction of sp³-hybridized carbons (Fsp3) is 0.333. The predicted molar refractivity (Wildman–Crippen MR) is 117 cm³/mol. The molecule has 1 saturated carbocycles. The maximum atomic E-state index is 10.3. The third-order valence-corrected chi connectivity index (χ3v) is 6.50. The Bertz CT molecular complexity index is 936. The molecule has 4 rings (SSSR count). The van der Waals surface area contributed by atoms with Crippen molar-refractivity contribution >= 4 is 44.6 Å². The van der Waals surface area contributed by atoms with Crippen molar-refractivity contribution < 1.29 is 5.11 Å². The molecule has 1 heterocycles. The van der Waals surface area contributed by atoms with Crippen LogP contribution in [-0.4, -0.2) is 21.2 Å². The van der Waals surface area contributed by atoms with Crippen LogP contribution in [0.4, 0.5) is 5.69 Å². The third kappa shape index (κ3) is 4.06. The number of phenolic OH excluding ortho intramolecular Hbond substituents is 1. The fourth-order valence-electron chi connectivity index (χ4n) is 3.64. The molecule has 0 amide bonds. The molecule has 0 aliphatic heterocycles. The lowest BCUT2D eigenvalue weighted by atomic mass is 9.86. The summed E-state index contributed by atoms with van der Waals surface area (Å²) in [6.07, 6.45) is 4.98. The van der Waals surface area contributed by atoms with Gasteiger partial charge in [-0.2, -0.15) is 0 Å². The number of nitrogens with zero attached hydrogens (tertiary/aromatic N) is 1. The minimum Gasteiger partial charge on any atom is -0.507 e. The molecule has 3 aromatic rings. The van der Waals surface area contributed by atoms with E-state index in [9.17, 15) is 5.11 Å². The van der Waals surface area contributed by atoms with Crippen LogP contribution in [0.5, 0.6) is 5.75 Å². The lowest BCUT2D eigenvalue weighted by molar-refractivity contribution is 0.309. The van der Waals surface area contributed by atoms with Crippen molar-refractivity contribution in [1.29, 1.82) is 0 Å². The Labute approximate surface area is 168 Å². The van der Waals surface area contributed by atoms with Gasteiger partial charge in [-0.1, -0.05) is 31.9 Å². The predicted octanol–water partition coefficient (Wildman–Crippen LogP) is 5.53. The number of hydrogen-bond donors (Lipinski definition) is 3. The Hall–Kier alpha value is -2.18. The lowest BCUT2D eigenvalue weighted by Gasteiger charge is -2.30. The molecular formula is C21H23N3OS2. The zero-order chi connectivity index (χ0) is 18.8. The fourth-order valence-corrected chi connectivity index (χ4v) is 4.90. The molecular weight excluding hydrogens is 374 g/mol. The molecule has 1 aliphatic carbocycles. The Kier molecular flexibility index (Phi) is 5.27. The second-order valence-electron chi connectivity index (χ2n) is 7.19. The number of fused-ring (bicyclic) bond motifs is 1. The van der Waals surface area contributed by atoms with Gasteiger partial charge in [0.1, 0.15) is 10.8 Å². The topological polar surface area (TPSA) is 57.2 Å². The number of para-hydroxylation sites is 1. The van der Waals surface area contributed by atoms with Crippen molar-refractivity contribution in [2.75, 3.05) is 5.32 Å². The van der Waals surface area contributed by atoms with Gasteiger partial charge in [-0.05, 0) is 61.3 Å². The number of phenols is 1. The van der Waals surface area contributed by atoms with Crippen LogP contribution >= 0.6 is 23.6 Å². The minimum atomic E-state index is 0.222. The van der Waals surface area contributed by atoms with E-state index >= 15 is 0 Å². The largest absolute Gasteiger partial charge is 0.507 e. The number of anilines is 1. The van der Waals surface area contributed by atoms with E-state index in [0.29, 0.717) is 17.1 Å². The SMILES string of the molecule is C[C@H]1CCCC[C@H]1NC(=S)Nc1ccc(O)c(-c2nc3ccccc3s2)c1. The minimum absolute atomic E-state index is 0.222. The van der Waals surface area contributed by atoms with Crippen molar-refractivity contribution in [2.24, 2.45) is 5.92 Å². The summed E-state index contributed by atoms with van der Waals surface area (Å²) in [4.78, 5) is 4.65. The summed E-state index contributed by atoms with van der Waals surface area (Å²) in [5.74, 6) is 0.857. The highest BCUT2D eigenvalue weighted by atomic mass is 32.1. The van der Waals surface area contributed by atoms with Crippen LogP contribution in [0.25, 0.3) is 20.8 Å². The lowest BCUT2D eigenvalue weighted by Crippen LogP contribution is -2.43. The van der Waals surface area contributed by atoms with Crippen molar-refractivity contribution in [2.45, 2.75) is 38.6 Å². The second kappa shape index (κ2) is 7.82. The summed E-state index contributed by atoms with van der Waals surface area (Å²) in [7, 11) is 0. The van der Waals surface area contributed by atoms with Crippen LogP contribution in [0.15, 0.2) is 42.5 Å². The summed E-state index contributed by atoms with van der Waals surface area (Å²) in [6, 6.07) is 13.9. The molecule has 1 aromatic heterocycles. The summed E-state index contributed by atoms with van der Waals surface area (Å²) in [5.41, 5.74) is 2.51. The summed E-state index contributed by atoms with van der Waals surface area (Å²) < 4.78 is 1.11. The average molecular weight is 398 g/mol. The van der Waals surface area contributed by atoms with E-state index in [2.05, 4.69) is 22.5 Å². The molecule has 6 heteroatoms.